The van der Waals surface area contributed by atoms with Crippen LogP contribution in [0.2, 0.25) is 0 Å². The number of aromatic nitrogens is 1. The van der Waals surface area contributed by atoms with Gasteiger partial charge in [-0.25, -0.2) is 4.39 Å². The first-order valence-electron chi connectivity index (χ1n) is 7.30. The Morgan fingerprint density at radius 2 is 2.37 bits per heavy atom. The minimum atomic E-state index is -0.266. The molecule has 0 aliphatic carbocycles. The molecule has 19 heavy (non-hydrogen) atoms. The Bertz CT molecular complexity index is 373. The topological polar surface area (TPSA) is 28.2 Å². The van der Waals surface area contributed by atoms with Gasteiger partial charge in [0, 0.05) is 18.6 Å². The van der Waals surface area contributed by atoms with Crippen LogP contribution in [-0.4, -0.2) is 35.6 Å². The van der Waals surface area contributed by atoms with Gasteiger partial charge in [-0.2, -0.15) is 0 Å². The summed E-state index contributed by atoms with van der Waals surface area (Å²) < 4.78 is 13.0. The van der Waals surface area contributed by atoms with E-state index in [1.807, 2.05) is 0 Å². The van der Waals surface area contributed by atoms with Crippen LogP contribution in [0.25, 0.3) is 0 Å². The molecule has 2 rings (SSSR count). The Labute approximate surface area is 115 Å². The summed E-state index contributed by atoms with van der Waals surface area (Å²) in [5, 5.41) is 3.47. The molecule has 2 heterocycles. The van der Waals surface area contributed by atoms with Gasteiger partial charge < -0.3 is 5.32 Å². The Balaban J connectivity index is 2.10. The van der Waals surface area contributed by atoms with Crippen molar-refractivity contribution < 1.29 is 4.39 Å². The Kier molecular flexibility index (Phi) is 5.28. The Hall–Kier alpha value is -1.00. The van der Waals surface area contributed by atoms with Gasteiger partial charge in [0.1, 0.15) is 5.82 Å². The lowest BCUT2D eigenvalue weighted by molar-refractivity contribution is 0.118. The van der Waals surface area contributed by atoms with E-state index in [1.54, 1.807) is 6.07 Å². The highest BCUT2D eigenvalue weighted by Gasteiger charge is 2.25. The molecule has 3 nitrogen and oxygen atoms in total. The highest BCUT2D eigenvalue weighted by Crippen LogP contribution is 2.24. The molecule has 106 valence electrons. The van der Waals surface area contributed by atoms with Crippen LogP contribution >= 0.6 is 0 Å². The number of rotatable bonds is 5. The molecule has 0 amide bonds. The molecule has 2 unspecified atom stereocenters. The summed E-state index contributed by atoms with van der Waals surface area (Å²) in [7, 11) is 0. The highest BCUT2D eigenvalue weighted by molar-refractivity contribution is 5.10. The second kappa shape index (κ2) is 6.96. The summed E-state index contributed by atoms with van der Waals surface area (Å²) in [5.74, 6) is -0.266. The molecular formula is C15H24FN3. The van der Waals surface area contributed by atoms with Crippen molar-refractivity contribution in [1.29, 1.82) is 0 Å². The highest BCUT2D eigenvalue weighted by atomic mass is 19.1. The summed E-state index contributed by atoms with van der Waals surface area (Å²) in [6.07, 6.45) is 4.91. The van der Waals surface area contributed by atoms with Crippen LogP contribution in [0.15, 0.2) is 18.3 Å². The lowest BCUT2D eigenvalue weighted by Crippen LogP contribution is -2.47. The summed E-state index contributed by atoms with van der Waals surface area (Å²) >= 11 is 0. The second-order valence-corrected chi connectivity index (χ2v) is 5.32. The maximum Gasteiger partial charge on any atom is 0.141 e. The number of nitrogens with one attached hydrogen (secondary N) is 1. The Morgan fingerprint density at radius 3 is 2.95 bits per heavy atom. The SMILES string of the molecule is CCCN(C1CCCNC1)C(C)c1ccc(F)cn1. The average Bonchev–Trinajstić information content (AvgIpc) is 2.46. The number of halogens is 1. The first-order valence-corrected chi connectivity index (χ1v) is 7.30. The van der Waals surface area contributed by atoms with Crippen molar-refractivity contribution in [2.75, 3.05) is 19.6 Å². The molecule has 0 radical (unpaired) electrons. The van der Waals surface area contributed by atoms with E-state index in [-0.39, 0.29) is 11.9 Å². The van der Waals surface area contributed by atoms with E-state index in [0.29, 0.717) is 6.04 Å². The average molecular weight is 265 g/mol. The molecule has 1 N–H and O–H groups in total. The van der Waals surface area contributed by atoms with Crippen molar-refractivity contribution in [2.45, 2.75) is 45.2 Å². The van der Waals surface area contributed by atoms with Gasteiger partial charge in [-0.1, -0.05) is 6.92 Å². The minimum Gasteiger partial charge on any atom is -0.315 e. The van der Waals surface area contributed by atoms with Gasteiger partial charge in [0.05, 0.1) is 11.9 Å². The van der Waals surface area contributed by atoms with Crippen LogP contribution in [-0.2, 0) is 0 Å². The van der Waals surface area contributed by atoms with E-state index in [9.17, 15) is 4.39 Å². The van der Waals surface area contributed by atoms with Crippen molar-refractivity contribution in [3.05, 3.63) is 29.8 Å². The van der Waals surface area contributed by atoms with Crippen molar-refractivity contribution in [1.82, 2.24) is 15.2 Å². The standard InChI is InChI=1S/C15H24FN3/c1-3-9-19(14-5-4-8-17-11-14)12(2)15-7-6-13(16)10-18-15/h6-7,10,12,14,17H,3-5,8-9,11H2,1-2H3. The van der Waals surface area contributed by atoms with Crippen LogP contribution in [0.5, 0.6) is 0 Å². The van der Waals surface area contributed by atoms with E-state index >= 15 is 0 Å². The van der Waals surface area contributed by atoms with E-state index in [0.717, 1.165) is 31.7 Å². The first-order chi connectivity index (χ1) is 9.22. The maximum atomic E-state index is 13.0. The molecule has 1 fully saturated rings. The molecule has 0 bridgehead atoms. The Morgan fingerprint density at radius 1 is 1.53 bits per heavy atom. The molecule has 1 aliphatic rings. The van der Waals surface area contributed by atoms with Crippen LogP contribution in [0.4, 0.5) is 4.39 Å². The molecule has 2 atom stereocenters. The predicted octanol–water partition coefficient (Wildman–Crippen LogP) is 2.75. The van der Waals surface area contributed by atoms with E-state index in [2.05, 4.69) is 29.0 Å². The monoisotopic (exact) mass is 265 g/mol. The fourth-order valence-corrected chi connectivity index (χ4v) is 2.87. The molecule has 4 heteroatoms. The molecule has 1 aromatic rings. The summed E-state index contributed by atoms with van der Waals surface area (Å²) in [6.45, 7) is 7.61. The quantitative estimate of drug-likeness (QED) is 0.887. The van der Waals surface area contributed by atoms with Gasteiger partial charge in [0.15, 0.2) is 0 Å². The third kappa shape index (κ3) is 3.74. The molecule has 1 saturated heterocycles. The predicted molar refractivity (Wildman–Crippen MR) is 75.5 cm³/mol. The molecule has 1 aliphatic heterocycles. The molecule has 0 spiro atoms. The van der Waals surface area contributed by atoms with Crippen LogP contribution < -0.4 is 5.32 Å². The lowest BCUT2D eigenvalue weighted by Gasteiger charge is -2.38. The molecular weight excluding hydrogens is 241 g/mol. The normalized spacial score (nSPS) is 21.6. The zero-order chi connectivity index (χ0) is 13.7. The molecule has 1 aromatic heterocycles. The van der Waals surface area contributed by atoms with Crippen LogP contribution in [0, 0.1) is 5.82 Å². The molecule has 0 aromatic carbocycles. The fraction of sp³-hybridized carbons (Fsp3) is 0.667. The van der Waals surface area contributed by atoms with E-state index in [4.69, 9.17) is 0 Å². The number of hydrogen-bond acceptors (Lipinski definition) is 3. The van der Waals surface area contributed by atoms with Crippen molar-refractivity contribution in [3.63, 3.8) is 0 Å². The van der Waals surface area contributed by atoms with Crippen LogP contribution in [0.1, 0.15) is 44.8 Å². The van der Waals surface area contributed by atoms with Crippen molar-refractivity contribution >= 4 is 0 Å². The number of hydrogen-bond donors (Lipinski definition) is 1. The fourth-order valence-electron chi connectivity index (χ4n) is 2.87. The van der Waals surface area contributed by atoms with Crippen molar-refractivity contribution in [3.8, 4) is 0 Å². The third-order valence-electron chi connectivity index (χ3n) is 3.90. The zero-order valence-electron chi connectivity index (χ0n) is 11.9. The summed E-state index contributed by atoms with van der Waals surface area (Å²) in [6, 6.07) is 4.11. The number of pyridine rings is 1. The summed E-state index contributed by atoms with van der Waals surface area (Å²) in [4.78, 5) is 6.75. The summed E-state index contributed by atoms with van der Waals surface area (Å²) in [5.41, 5.74) is 0.959. The van der Waals surface area contributed by atoms with Gasteiger partial charge in [0.2, 0.25) is 0 Å². The van der Waals surface area contributed by atoms with E-state index in [1.165, 1.54) is 25.1 Å². The number of piperidine rings is 1. The van der Waals surface area contributed by atoms with Gasteiger partial charge >= 0.3 is 0 Å². The largest absolute Gasteiger partial charge is 0.315 e. The minimum absolute atomic E-state index is 0.241. The number of nitrogens with zero attached hydrogens (tertiary/aromatic N) is 2. The first kappa shape index (κ1) is 14.4. The second-order valence-electron chi connectivity index (χ2n) is 5.32. The lowest BCUT2D eigenvalue weighted by atomic mass is 10.0. The van der Waals surface area contributed by atoms with E-state index < -0.39 is 0 Å². The zero-order valence-corrected chi connectivity index (χ0v) is 11.9. The smallest absolute Gasteiger partial charge is 0.141 e. The van der Waals surface area contributed by atoms with Gasteiger partial charge in [-0.3, -0.25) is 9.88 Å². The van der Waals surface area contributed by atoms with Gasteiger partial charge in [0.25, 0.3) is 0 Å². The van der Waals surface area contributed by atoms with Gasteiger partial charge in [-0.15, -0.1) is 0 Å². The van der Waals surface area contributed by atoms with Crippen LogP contribution in [0.3, 0.4) is 0 Å². The third-order valence-corrected chi connectivity index (χ3v) is 3.90. The molecule has 0 saturated carbocycles. The van der Waals surface area contributed by atoms with Gasteiger partial charge in [-0.05, 0) is 51.4 Å². The van der Waals surface area contributed by atoms with Crippen molar-refractivity contribution in [2.24, 2.45) is 0 Å². The maximum absolute atomic E-state index is 13.0.